The Labute approximate surface area is 455 Å². The monoisotopic (exact) mass is 1070 g/mol. The average Bonchev–Trinajstić information content (AvgIpc) is 3.39. The fraction of sp³-hybridized carbons (Fsp3) is 0.887. The molecule has 0 bridgehead atoms. The third-order valence-electron chi connectivity index (χ3n) is 13.8. The molecule has 74 heavy (non-hydrogen) atoms. The van der Waals surface area contributed by atoms with E-state index in [0.717, 1.165) is 83.5 Å². The average molecular weight is 1070 g/mol. The molecule has 12 heteroatoms. The molecule has 11 nitrogen and oxygen atoms in total. The number of esters is 3. The second-order valence-electron chi connectivity index (χ2n) is 21.2. The number of phosphoric ester groups is 1. The number of aliphatic hydroxyl groups excluding tert-OH is 1. The van der Waals surface area contributed by atoms with E-state index in [-0.39, 0.29) is 25.9 Å². The van der Waals surface area contributed by atoms with Gasteiger partial charge in [-0.15, -0.1) is 0 Å². The van der Waals surface area contributed by atoms with Crippen LogP contribution in [0.4, 0.5) is 0 Å². The third kappa shape index (κ3) is 54.7. The van der Waals surface area contributed by atoms with Gasteiger partial charge in [0.25, 0.3) is 0 Å². The molecule has 0 amide bonds. The van der Waals surface area contributed by atoms with E-state index < -0.39 is 57.8 Å². The predicted molar refractivity (Wildman–Crippen MR) is 307 cm³/mol. The standard InChI is InChI=1S/C62H117O11P/c1-4-7-10-13-16-19-22-25-28-29-32-35-38-41-44-47-50-53-62(66)73-59(55-69-60(64)51-48-45-42-39-36-33-30-26-23-20-17-14-11-8-5-2)57-71-74(67,68)70-56-58(54-63)72-61(65)52-49-46-43-40-37-34-31-27-24-21-18-15-12-9-6-3/h25-26,28,30,58-59,63H,4-24,27,29,31-57H2,1-3H3,(H,67,68)/b28-25-,30-26-. The maximum absolute atomic E-state index is 12.9. The zero-order chi connectivity index (χ0) is 54.1. The van der Waals surface area contributed by atoms with Crippen molar-refractivity contribution >= 4 is 25.7 Å². The highest BCUT2D eigenvalue weighted by Crippen LogP contribution is 2.43. The number of ether oxygens (including phenoxy) is 3. The number of aliphatic hydroxyl groups is 1. The van der Waals surface area contributed by atoms with Gasteiger partial charge < -0.3 is 24.2 Å². The molecule has 0 fully saturated rings. The van der Waals surface area contributed by atoms with Crippen LogP contribution in [0.25, 0.3) is 0 Å². The summed E-state index contributed by atoms with van der Waals surface area (Å²) in [5.41, 5.74) is 0. The molecule has 436 valence electrons. The van der Waals surface area contributed by atoms with Crippen LogP contribution in [0.15, 0.2) is 24.3 Å². The van der Waals surface area contributed by atoms with Gasteiger partial charge in [-0.1, -0.05) is 251 Å². The van der Waals surface area contributed by atoms with Gasteiger partial charge in [-0.3, -0.25) is 23.4 Å². The predicted octanol–water partition coefficient (Wildman–Crippen LogP) is 18.6. The first-order valence-corrected chi connectivity index (χ1v) is 32.7. The number of carbonyl (C=O) groups excluding carboxylic acids is 3. The number of unbranched alkanes of at least 4 members (excludes halogenated alkanes) is 38. The summed E-state index contributed by atoms with van der Waals surface area (Å²) in [5, 5.41) is 9.83. The van der Waals surface area contributed by atoms with Crippen molar-refractivity contribution in [1.82, 2.24) is 0 Å². The van der Waals surface area contributed by atoms with E-state index in [9.17, 15) is 28.9 Å². The van der Waals surface area contributed by atoms with Crippen LogP contribution < -0.4 is 0 Å². The van der Waals surface area contributed by atoms with Gasteiger partial charge in [0.1, 0.15) is 12.7 Å². The molecule has 0 aromatic rings. The van der Waals surface area contributed by atoms with E-state index in [1.54, 1.807) is 0 Å². The van der Waals surface area contributed by atoms with Crippen molar-refractivity contribution < 1.29 is 52.2 Å². The molecule has 0 saturated carbocycles. The minimum Gasteiger partial charge on any atom is -0.462 e. The molecule has 0 radical (unpaired) electrons. The molecule has 0 saturated heterocycles. The van der Waals surface area contributed by atoms with Gasteiger partial charge in [0, 0.05) is 19.3 Å². The van der Waals surface area contributed by atoms with Gasteiger partial charge in [0.2, 0.25) is 0 Å². The molecule has 0 aliphatic rings. The fourth-order valence-electron chi connectivity index (χ4n) is 9.05. The van der Waals surface area contributed by atoms with Crippen molar-refractivity contribution in [3.63, 3.8) is 0 Å². The van der Waals surface area contributed by atoms with E-state index >= 15 is 0 Å². The molecule has 0 aromatic carbocycles. The summed E-state index contributed by atoms with van der Waals surface area (Å²) < 4.78 is 39.6. The van der Waals surface area contributed by atoms with Gasteiger partial charge in [0.15, 0.2) is 6.10 Å². The summed E-state index contributed by atoms with van der Waals surface area (Å²) in [6.45, 7) is 4.69. The fourth-order valence-corrected chi connectivity index (χ4v) is 9.84. The van der Waals surface area contributed by atoms with Gasteiger partial charge in [0.05, 0.1) is 19.8 Å². The first kappa shape index (κ1) is 72.0. The Morgan fingerprint density at radius 1 is 0.365 bits per heavy atom. The van der Waals surface area contributed by atoms with Gasteiger partial charge >= 0.3 is 25.7 Å². The molecule has 0 aliphatic carbocycles. The van der Waals surface area contributed by atoms with Crippen molar-refractivity contribution in [1.29, 1.82) is 0 Å². The van der Waals surface area contributed by atoms with Crippen LogP contribution in [0.1, 0.15) is 316 Å². The van der Waals surface area contributed by atoms with E-state index in [1.807, 2.05) is 0 Å². The number of hydrogen-bond acceptors (Lipinski definition) is 10. The summed E-state index contributed by atoms with van der Waals surface area (Å²) in [5.74, 6) is -1.45. The van der Waals surface area contributed by atoms with Crippen LogP contribution in [0.5, 0.6) is 0 Å². The Morgan fingerprint density at radius 2 is 0.622 bits per heavy atom. The molecular formula is C62H117O11P. The highest BCUT2D eigenvalue weighted by atomic mass is 31.2. The SMILES string of the molecule is CCCCCCCC/C=C\CCCCCCCCCC(=O)OC(COC(=O)CCCCCCC/C=C\CCCCCCCC)COP(=O)(O)OCC(CO)OC(=O)CCCCCCCCCCCCCCCCC. The van der Waals surface area contributed by atoms with Crippen LogP contribution in [0.2, 0.25) is 0 Å². The highest BCUT2D eigenvalue weighted by molar-refractivity contribution is 7.47. The zero-order valence-corrected chi connectivity index (χ0v) is 49.2. The maximum Gasteiger partial charge on any atom is 0.472 e. The first-order chi connectivity index (χ1) is 36.2. The van der Waals surface area contributed by atoms with Gasteiger partial charge in [-0.2, -0.15) is 0 Å². The summed E-state index contributed by atoms with van der Waals surface area (Å²) in [6.07, 6.45) is 58.4. The van der Waals surface area contributed by atoms with E-state index in [1.165, 1.54) is 173 Å². The Kier molecular flexibility index (Phi) is 55.6. The lowest BCUT2D eigenvalue weighted by atomic mass is 10.0. The number of phosphoric acid groups is 1. The highest BCUT2D eigenvalue weighted by Gasteiger charge is 2.28. The third-order valence-corrected chi connectivity index (χ3v) is 14.8. The molecule has 0 rings (SSSR count). The quantitative estimate of drug-likeness (QED) is 0.0197. The lowest BCUT2D eigenvalue weighted by Gasteiger charge is -2.21. The minimum atomic E-state index is -4.75. The second-order valence-corrected chi connectivity index (χ2v) is 22.7. The van der Waals surface area contributed by atoms with Gasteiger partial charge in [-0.05, 0) is 70.6 Å². The molecule has 2 N–H and O–H groups in total. The zero-order valence-electron chi connectivity index (χ0n) is 48.3. The van der Waals surface area contributed by atoms with Crippen LogP contribution in [-0.2, 0) is 42.2 Å². The molecule has 0 spiro atoms. The van der Waals surface area contributed by atoms with Crippen LogP contribution >= 0.6 is 7.82 Å². The first-order valence-electron chi connectivity index (χ1n) is 31.2. The largest absolute Gasteiger partial charge is 0.472 e. The van der Waals surface area contributed by atoms with Crippen molar-refractivity contribution in [2.45, 2.75) is 328 Å². The molecule has 0 aliphatic heterocycles. The van der Waals surface area contributed by atoms with Crippen molar-refractivity contribution in [2.75, 3.05) is 26.4 Å². The summed E-state index contributed by atoms with van der Waals surface area (Å²) >= 11 is 0. The van der Waals surface area contributed by atoms with Crippen molar-refractivity contribution in [2.24, 2.45) is 0 Å². The van der Waals surface area contributed by atoms with Crippen LogP contribution in [-0.4, -0.2) is 66.5 Å². The maximum atomic E-state index is 12.9. The lowest BCUT2D eigenvalue weighted by Crippen LogP contribution is -2.30. The Hall–Kier alpha value is -2.04. The van der Waals surface area contributed by atoms with Crippen LogP contribution in [0, 0.1) is 0 Å². The van der Waals surface area contributed by atoms with Crippen LogP contribution in [0.3, 0.4) is 0 Å². The summed E-state index contributed by atoms with van der Waals surface area (Å²) in [7, 11) is -4.75. The lowest BCUT2D eigenvalue weighted by molar-refractivity contribution is -0.161. The molecule has 0 heterocycles. The number of allylic oxidation sites excluding steroid dienone is 4. The minimum absolute atomic E-state index is 0.166. The molecule has 3 atom stereocenters. The Morgan fingerprint density at radius 3 is 0.932 bits per heavy atom. The topological polar surface area (TPSA) is 155 Å². The summed E-state index contributed by atoms with van der Waals surface area (Å²) in [6, 6.07) is 0. The van der Waals surface area contributed by atoms with Gasteiger partial charge in [-0.25, -0.2) is 4.57 Å². The normalized spacial score (nSPS) is 13.4. The number of rotatable bonds is 59. The number of carbonyl (C=O) groups is 3. The molecule has 0 aromatic heterocycles. The smallest absolute Gasteiger partial charge is 0.462 e. The number of hydrogen-bond donors (Lipinski definition) is 2. The Bertz CT molecular complexity index is 1340. The van der Waals surface area contributed by atoms with Crippen molar-refractivity contribution in [3.05, 3.63) is 24.3 Å². The molecular weight excluding hydrogens is 952 g/mol. The second kappa shape index (κ2) is 57.1. The Balaban J connectivity index is 4.68. The van der Waals surface area contributed by atoms with Crippen molar-refractivity contribution in [3.8, 4) is 0 Å². The van der Waals surface area contributed by atoms with E-state index in [0.29, 0.717) is 19.3 Å². The summed E-state index contributed by atoms with van der Waals surface area (Å²) in [4.78, 5) is 48.6. The van der Waals surface area contributed by atoms with E-state index in [4.69, 9.17) is 23.3 Å². The van der Waals surface area contributed by atoms with E-state index in [2.05, 4.69) is 45.1 Å². The molecule has 3 unspecified atom stereocenters.